The SMILES string of the molecule is CCN(CC)CC1CCc2cccc3c2C1Cc1ccccc1C3=O. The van der Waals surface area contributed by atoms with Gasteiger partial charge in [0.05, 0.1) is 0 Å². The average Bonchev–Trinajstić information content (AvgIpc) is 2.78. The molecular formula is C23H27NO. The number of carbonyl (C=O) groups excluding carboxylic acids is 1. The molecule has 2 atom stereocenters. The maximum absolute atomic E-state index is 13.2. The van der Waals surface area contributed by atoms with Crippen molar-refractivity contribution < 1.29 is 4.79 Å². The van der Waals surface area contributed by atoms with Crippen LogP contribution in [0.5, 0.6) is 0 Å². The van der Waals surface area contributed by atoms with E-state index in [-0.39, 0.29) is 5.78 Å². The molecule has 0 bridgehead atoms. The molecule has 2 unspecified atom stereocenters. The van der Waals surface area contributed by atoms with Crippen LogP contribution in [0.2, 0.25) is 0 Å². The summed E-state index contributed by atoms with van der Waals surface area (Å²) in [6.45, 7) is 7.84. The van der Waals surface area contributed by atoms with Gasteiger partial charge < -0.3 is 4.90 Å². The number of nitrogens with zero attached hydrogens (tertiary/aromatic N) is 1. The summed E-state index contributed by atoms with van der Waals surface area (Å²) in [6.07, 6.45) is 3.33. The van der Waals surface area contributed by atoms with Crippen LogP contribution in [0, 0.1) is 5.92 Å². The molecule has 0 saturated heterocycles. The first-order chi connectivity index (χ1) is 12.2. The van der Waals surface area contributed by atoms with Gasteiger partial charge in [0.25, 0.3) is 0 Å². The number of hydrogen-bond donors (Lipinski definition) is 0. The summed E-state index contributed by atoms with van der Waals surface area (Å²) in [4.78, 5) is 15.7. The average molecular weight is 333 g/mol. The zero-order chi connectivity index (χ0) is 17.4. The van der Waals surface area contributed by atoms with Gasteiger partial charge >= 0.3 is 0 Å². The number of benzene rings is 2. The molecule has 0 aromatic heterocycles. The second kappa shape index (κ2) is 6.76. The van der Waals surface area contributed by atoms with Crippen LogP contribution in [-0.4, -0.2) is 30.3 Å². The first-order valence-electron chi connectivity index (χ1n) is 9.69. The van der Waals surface area contributed by atoms with Crippen molar-refractivity contribution in [3.8, 4) is 0 Å². The van der Waals surface area contributed by atoms with E-state index in [0.717, 1.165) is 43.6 Å². The lowest BCUT2D eigenvalue weighted by Gasteiger charge is -2.37. The number of fused-ring (bicyclic) bond motifs is 1. The normalized spacial score (nSPS) is 21.6. The van der Waals surface area contributed by atoms with Crippen molar-refractivity contribution in [1.82, 2.24) is 4.90 Å². The maximum atomic E-state index is 13.2. The molecule has 2 aliphatic rings. The molecule has 4 rings (SSSR count). The minimum absolute atomic E-state index is 0.221. The monoisotopic (exact) mass is 333 g/mol. The molecule has 2 heteroatoms. The second-order valence-electron chi connectivity index (χ2n) is 7.46. The third-order valence-corrected chi connectivity index (χ3v) is 6.25. The van der Waals surface area contributed by atoms with E-state index in [4.69, 9.17) is 0 Å². The topological polar surface area (TPSA) is 20.3 Å². The molecule has 2 aromatic carbocycles. The summed E-state index contributed by atoms with van der Waals surface area (Å²) in [5, 5.41) is 0. The van der Waals surface area contributed by atoms with Gasteiger partial charge in [0.2, 0.25) is 0 Å². The van der Waals surface area contributed by atoms with Crippen molar-refractivity contribution in [3.63, 3.8) is 0 Å². The molecule has 0 fully saturated rings. The van der Waals surface area contributed by atoms with Gasteiger partial charge in [-0.1, -0.05) is 56.3 Å². The molecule has 2 aromatic rings. The number of ketones is 1. The lowest BCUT2D eigenvalue weighted by molar-refractivity contribution is 0.103. The van der Waals surface area contributed by atoms with Crippen LogP contribution in [0.3, 0.4) is 0 Å². The fourth-order valence-electron chi connectivity index (χ4n) is 4.85. The maximum Gasteiger partial charge on any atom is 0.193 e. The van der Waals surface area contributed by atoms with Gasteiger partial charge in [-0.05, 0) is 60.9 Å². The van der Waals surface area contributed by atoms with E-state index in [1.807, 2.05) is 12.1 Å². The van der Waals surface area contributed by atoms with Crippen LogP contribution < -0.4 is 0 Å². The van der Waals surface area contributed by atoms with Gasteiger partial charge in [-0.25, -0.2) is 0 Å². The van der Waals surface area contributed by atoms with Crippen LogP contribution in [0.1, 0.15) is 58.8 Å². The van der Waals surface area contributed by atoms with Crippen LogP contribution in [-0.2, 0) is 12.8 Å². The Morgan fingerprint density at radius 1 is 0.960 bits per heavy atom. The van der Waals surface area contributed by atoms with Gasteiger partial charge in [0.15, 0.2) is 5.78 Å². The molecular weight excluding hydrogens is 306 g/mol. The van der Waals surface area contributed by atoms with E-state index in [1.165, 1.54) is 23.1 Å². The molecule has 0 aliphatic heterocycles. The van der Waals surface area contributed by atoms with Gasteiger partial charge in [0.1, 0.15) is 0 Å². The standard InChI is InChI=1S/C23H27NO/c1-3-24(4-2)15-18-13-12-16-9-7-11-20-22(16)21(18)14-17-8-5-6-10-19(17)23(20)25/h5-11,18,21H,3-4,12-15H2,1-2H3. The predicted octanol–water partition coefficient (Wildman–Crippen LogP) is 4.46. The number of rotatable bonds is 4. The molecule has 130 valence electrons. The summed E-state index contributed by atoms with van der Waals surface area (Å²) in [6, 6.07) is 14.6. The summed E-state index contributed by atoms with van der Waals surface area (Å²) >= 11 is 0. The van der Waals surface area contributed by atoms with Crippen molar-refractivity contribution in [3.05, 3.63) is 70.3 Å². The first-order valence-corrected chi connectivity index (χ1v) is 9.69. The van der Waals surface area contributed by atoms with Crippen molar-refractivity contribution in [2.45, 2.75) is 39.0 Å². The Kier molecular flexibility index (Phi) is 4.47. The molecule has 0 saturated carbocycles. The van der Waals surface area contributed by atoms with E-state index in [2.05, 4.69) is 49.1 Å². The minimum atomic E-state index is 0.221. The highest BCUT2D eigenvalue weighted by molar-refractivity contribution is 6.11. The molecule has 0 heterocycles. The lowest BCUT2D eigenvalue weighted by Crippen LogP contribution is -2.35. The number of aryl methyl sites for hydroxylation is 1. The molecule has 0 radical (unpaired) electrons. The van der Waals surface area contributed by atoms with Crippen LogP contribution in [0.4, 0.5) is 0 Å². The van der Waals surface area contributed by atoms with Crippen LogP contribution >= 0.6 is 0 Å². The van der Waals surface area contributed by atoms with E-state index in [1.54, 1.807) is 0 Å². The predicted molar refractivity (Wildman–Crippen MR) is 102 cm³/mol. The summed E-state index contributed by atoms with van der Waals surface area (Å²) in [7, 11) is 0. The largest absolute Gasteiger partial charge is 0.304 e. The Hall–Kier alpha value is -1.93. The molecule has 2 aliphatic carbocycles. The lowest BCUT2D eigenvalue weighted by atomic mass is 9.71. The van der Waals surface area contributed by atoms with E-state index in [9.17, 15) is 4.79 Å². The zero-order valence-corrected chi connectivity index (χ0v) is 15.3. The van der Waals surface area contributed by atoms with E-state index < -0.39 is 0 Å². The Labute approximate surface area is 150 Å². The van der Waals surface area contributed by atoms with Crippen molar-refractivity contribution in [2.75, 3.05) is 19.6 Å². The second-order valence-corrected chi connectivity index (χ2v) is 7.46. The van der Waals surface area contributed by atoms with Crippen molar-refractivity contribution in [1.29, 1.82) is 0 Å². The Balaban J connectivity index is 1.82. The molecule has 25 heavy (non-hydrogen) atoms. The highest BCUT2D eigenvalue weighted by atomic mass is 16.1. The smallest absolute Gasteiger partial charge is 0.193 e. The number of carbonyl (C=O) groups is 1. The molecule has 2 nitrogen and oxygen atoms in total. The van der Waals surface area contributed by atoms with Crippen molar-refractivity contribution >= 4 is 5.78 Å². The Bertz CT molecular complexity index is 790. The fraction of sp³-hybridized carbons (Fsp3) is 0.435. The third kappa shape index (κ3) is 2.83. The number of hydrogen-bond acceptors (Lipinski definition) is 2. The Morgan fingerprint density at radius 3 is 2.48 bits per heavy atom. The highest BCUT2D eigenvalue weighted by Crippen LogP contribution is 2.43. The van der Waals surface area contributed by atoms with Crippen molar-refractivity contribution in [2.24, 2.45) is 5.92 Å². The van der Waals surface area contributed by atoms with E-state index >= 15 is 0 Å². The van der Waals surface area contributed by atoms with E-state index in [0.29, 0.717) is 11.8 Å². The Morgan fingerprint density at radius 2 is 1.68 bits per heavy atom. The zero-order valence-electron chi connectivity index (χ0n) is 15.3. The van der Waals surface area contributed by atoms with Gasteiger partial charge in [-0.15, -0.1) is 0 Å². The quantitative estimate of drug-likeness (QED) is 0.823. The third-order valence-electron chi connectivity index (χ3n) is 6.25. The molecule has 0 N–H and O–H groups in total. The summed E-state index contributed by atoms with van der Waals surface area (Å²) in [5.74, 6) is 1.32. The van der Waals surface area contributed by atoms with Gasteiger partial charge in [-0.3, -0.25) is 4.79 Å². The fourth-order valence-corrected chi connectivity index (χ4v) is 4.85. The van der Waals surface area contributed by atoms with Gasteiger partial charge in [0, 0.05) is 17.7 Å². The minimum Gasteiger partial charge on any atom is -0.304 e. The molecule has 0 amide bonds. The van der Waals surface area contributed by atoms with Gasteiger partial charge in [-0.2, -0.15) is 0 Å². The molecule has 0 spiro atoms. The highest BCUT2D eigenvalue weighted by Gasteiger charge is 2.36. The van der Waals surface area contributed by atoms with Crippen LogP contribution in [0.15, 0.2) is 42.5 Å². The summed E-state index contributed by atoms with van der Waals surface area (Å²) < 4.78 is 0. The first kappa shape index (κ1) is 16.5. The summed E-state index contributed by atoms with van der Waals surface area (Å²) in [5.41, 5.74) is 5.85. The van der Waals surface area contributed by atoms with Crippen LogP contribution in [0.25, 0.3) is 0 Å².